The van der Waals surface area contributed by atoms with Crippen LogP contribution in [-0.4, -0.2) is 85.4 Å². The summed E-state index contributed by atoms with van der Waals surface area (Å²) in [4.78, 5) is 67.9. The van der Waals surface area contributed by atoms with E-state index >= 15 is 0 Å². The highest BCUT2D eigenvalue weighted by Gasteiger charge is 2.31. The number of benzene rings is 2. The van der Waals surface area contributed by atoms with Crippen molar-refractivity contribution in [3.63, 3.8) is 0 Å². The lowest BCUT2D eigenvalue weighted by atomic mass is 9.91. The minimum atomic E-state index is -1.12. The molecule has 53 heavy (non-hydrogen) atoms. The van der Waals surface area contributed by atoms with E-state index in [1.807, 2.05) is 78.8 Å². The molecule has 292 valence electrons. The molecular weight excluding hydrogens is 678 g/mol. The molecule has 0 radical (unpaired) electrons. The number of nitrogens with zero attached hydrogens (tertiary/aromatic N) is 1. The molecule has 6 atom stereocenters. The van der Waals surface area contributed by atoms with Crippen LogP contribution in [0.1, 0.15) is 107 Å². The standard InChI is InChI=1S/C40H59N5O8/c1-23(2)17-33(34(46)18-26(7)36(47)44-35(24(3)4)39(50)41-25(5)6)43-38(49)30-19-29(37(48)42-27(8)28-13-11-10-12-14-28)20-31(21-30)45(9)40(51)53-32-15-16-52-22-32/h10-14,19-21,23-27,32-35,46H,15-18,22H2,1-9H3,(H,41,50)(H,42,48)(H,43,49)(H,44,47). The number of hydrogen-bond acceptors (Lipinski definition) is 8. The molecule has 2 aromatic carbocycles. The zero-order chi connectivity index (χ0) is 39.4. The van der Waals surface area contributed by atoms with Crippen LogP contribution in [0.3, 0.4) is 0 Å². The lowest BCUT2D eigenvalue weighted by molar-refractivity contribution is -0.132. The smallest absolute Gasteiger partial charge is 0.414 e. The van der Waals surface area contributed by atoms with Gasteiger partial charge >= 0.3 is 6.09 Å². The van der Waals surface area contributed by atoms with Crippen LogP contribution in [-0.2, 0) is 19.1 Å². The second kappa shape index (κ2) is 20.1. The molecule has 0 saturated carbocycles. The van der Waals surface area contributed by atoms with Gasteiger partial charge in [-0.3, -0.25) is 24.1 Å². The topological polar surface area (TPSA) is 175 Å². The van der Waals surface area contributed by atoms with Crippen molar-refractivity contribution in [3.8, 4) is 0 Å². The maximum atomic E-state index is 14.0. The van der Waals surface area contributed by atoms with Crippen LogP contribution in [0, 0.1) is 17.8 Å². The summed E-state index contributed by atoms with van der Waals surface area (Å²) < 4.78 is 10.9. The Hall–Kier alpha value is -4.49. The minimum absolute atomic E-state index is 0.0185. The summed E-state index contributed by atoms with van der Waals surface area (Å²) >= 11 is 0. The molecule has 0 aliphatic carbocycles. The van der Waals surface area contributed by atoms with Crippen molar-refractivity contribution in [1.29, 1.82) is 0 Å². The largest absolute Gasteiger partial charge is 0.443 e. The molecule has 6 unspecified atom stereocenters. The van der Waals surface area contributed by atoms with E-state index in [-0.39, 0.29) is 59.0 Å². The first kappa shape index (κ1) is 42.9. The lowest BCUT2D eigenvalue weighted by Gasteiger charge is -2.29. The first-order chi connectivity index (χ1) is 25.0. The maximum Gasteiger partial charge on any atom is 0.414 e. The molecule has 1 saturated heterocycles. The van der Waals surface area contributed by atoms with Crippen LogP contribution in [0.5, 0.6) is 0 Å². The Morgan fingerprint density at radius 2 is 1.45 bits per heavy atom. The van der Waals surface area contributed by atoms with Crippen LogP contribution in [0.15, 0.2) is 48.5 Å². The van der Waals surface area contributed by atoms with E-state index in [9.17, 15) is 29.1 Å². The summed E-state index contributed by atoms with van der Waals surface area (Å²) in [5, 5.41) is 23.0. The first-order valence-corrected chi connectivity index (χ1v) is 18.6. The lowest BCUT2D eigenvalue weighted by Crippen LogP contribution is -2.53. The number of amides is 5. The van der Waals surface area contributed by atoms with Gasteiger partial charge in [0.25, 0.3) is 11.8 Å². The van der Waals surface area contributed by atoms with Crippen molar-refractivity contribution in [2.45, 2.75) is 111 Å². The summed E-state index contributed by atoms with van der Waals surface area (Å²) in [5.41, 5.74) is 1.38. The average molecular weight is 738 g/mol. The van der Waals surface area contributed by atoms with Crippen molar-refractivity contribution < 1.29 is 38.6 Å². The van der Waals surface area contributed by atoms with Gasteiger partial charge < -0.3 is 35.8 Å². The summed E-state index contributed by atoms with van der Waals surface area (Å²) in [6, 6.07) is 11.9. The number of nitrogens with one attached hydrogen (secondary N) is 4. The third-order valence-corrected chi connectivity index (χ3v) is 9.13. The van der Waals surface area contributed by atoms with E-state index in [1.165, 1.54) is 30.1 Å². The van der Waals surface area contributed by atoms with E-state index in [4.69, 9.17) is 9.47 Å². The Morgan fingerprint density at radius 3 is 2.00 bits per heavy atom. The number of aliphatic hydroxyl groups is 1. The summed E-state index contributed by atoms with van der Waals surface area (Å²) in [5.74, 6) is -2.47. The number of carbonyl (C=O) groups excluding carboxylic acids is 5. The van der Waals surface area contributed by atoms with Gasteiger partial charge in [0.15, 0.2) is 0 Å². The highest BCUT2D eigenvalue weighted by Crippen LogP contribution is 2.23. The molecule has 3 rings (SSSR count). The second-order valence-corrected chi connectivity index (χ2v) is 15.1. The van der Waals surface area contributed by atoms with E-state index < -0.39 is 48.1 Å². The molecule has 13 heteroatoms. The predicted molar refractivity (Wildman–Crippen MR) is 203 cm³/mol. The molecule has 0 aromatic heterocycles. The van der Waals surface area contributed by atoms with Gasteiger partial charge in [0.1, 0.15) is 12.1 Å². The Kier molecular flexibility index (Phi) is 16.3. The average Bonchev–Trinajstić information content (AvgIpc) is 3.62. The van der Waals surface area contributed by atoms with Gasteiger partial charge in [0.05, 0.1) is 31.4 Å². The predicted octanol–water partition coefficient (Wildman–Crippen LogP) is 4.74. The van der Waals surface area contributed by atoms with Gasteiger partial charge in [-0.15, -0.1) is 0 Å². The summed E-state index contributed by atoms with van der Waals surface area (Å²) in [6.45, 7) is 15.6. The molecule has 1 fully saturated rings. The fourth-order valence-electron chi connectivity index (χ4n) is 6.02. The van der Waals surface area contributed by atoms with Crippen LogP contribution in [0.4, 0.5) is 10.5 Å². The molecule has 0 bridgehead atoms. The summed E-state index contributed by atoms with van der Waals surface area (Å²) in [7, 11) is 1.50. The van der Waals surface area contributed by atoms with Gasteiger partial charge in [-0.05, 0) is 69.2 Å². The third kappa shape index (κ3) is 13.1. The molecular formula is C40H59N5O8. The Morgan fingerprint density at radius 1 is 0.830 bits per heavy atom. The SMILES string of the molecule is CC(C)CC(NC(=O)c1cc(C(=O)NC(C)c2ccccc2)cc(N(C)C(=O)OC2CCOC2)c1)C(O)CC(C)C(=O)NC(C(=O)NC(C)C)C(C)C. The normalized spacial score (nSPS) is 17.0. The van der Waals surface area contributed by atoms with Crippen molar-refractivity contribution in [2.75, 3.05) is 25.2 Å². The van der Waals surface area contributed by atoms with Gasteiger partial charge in [0, 0.05) is 42.2 Å². The van der Waals surface area contributed by atoms with E-state index in [0.717, 1.165) is 5.56 Å². The molecule has 0 spiro atoms. The minimum Gasteiger partial charge on any atom is -0.443 e. The number of aliphatic hydroxyl groups excluding tert-OH is 1. The highest BCUT2D eigenvalue weighted by molar-refractivity contribution is 6.02. The van der Waals surface area contributed by atoms with Gasteiger partial charge in [-0.2, -0.15) is 0 Å². The maximum absolute atomic E-state index is 14.0. The monoisotopic (exact) mass is 737 g/mol. The van der Waals surface area contributed by atoms with Crippen molar-refractivity contribution in [3.05, 3.63) is 65.2 Å². The van der Waals surface area contributed by atoms with Crippen LogP contribution >= 0.6 is 0 Å². The molecule has 13 nitrogen and oxygen atoms in total. The number of rotatable bonds is 17. The molecule has 5 amide bonds. The number of carbonyl (C=O) groups is 5. The number of hydrogen-bond donors (Lipinski definition) is 5. The van der Waals surface area contributed by atoms with E-state index in [0.29, 0.717) is 26.1 Å². The van der Waals surface area contributed by atoms with Crippen LogP contribution in [0.2, 0.25) is 0 Å². The second-order valence-electron chi connectivity index (χ2n) is 15.1. The summed E-state index contributed by atoms with van der Waals surface area (Å²) in [6.07, 6.45) is -1.20. The first-order valence-electron chi connectivity index (χ1n) is 18.6. The quantitative estimate of drug-likeness (QED) is 0.155. The highest BCUT2D eigenvalue weighted by atomic mass is 16.6. The van der Waals surface area contributed by atoms with E-state index in [2.05, 4.69) is 21.3 Å². The molecule has 5 N–H and O–H groups in total. The molecule has 2 aromatic rings. The Balaban J connectivity index is 1.85. The van der Waals surface area contributed by atoms with Crippen molar-refractivity contribution in [2.24, 2.45) is 17.8 Å². The van der Waals surface area contributed by atoms with Gasteiger partial charge in [-0.25, -0.2) is 4.79 Å². The molecule has 1 heterocycles. The van der Waals surface area contributed by atoms with Gasteiger partial charge in [-0.1, -0.05) is 65.0 Å². The fourth-order valence-corrected chi connectivity index (χ4v) is 6.02. The Bertz CT molecular complexity index is 1540. The van der Waals surface area contributed by atoms with Gasteiger partial charge in [0.2, 0.25) is 11.8 Å². The number of ether oxygens (including phenoxy) is 2. The van der Waals surface area contributed by atoms with Crippen LogP contribution in [0.25, 0.3) is 0 Å². The molecule has 1 aliphatic heterocycles. The zero-order valence-corrected chi connectivity index (χ0v) is 32.6. The zero-order valence-electron chi connectivity index (χ0n) is 32.6. The Labute approximate surface area is 313 Å². The molecule has 1 aliphatic rings. The van der Waals surface area contributed by atoms with Crippen LogP contribution < -0.4 is 26.2 Å². The fraction of sp³-hybridized carbons (Fsp3) is 0.575. The van der Waals surface area contributed by atoms with E-state index in [1.54, 1.807) is 6.92 Å². The van der Waals surface area contributed by atoms with Crippen molar-refractivity contribution in [1.82, 2.24) is 21.3 Å². The number of anilines is 1. The third-order valence-electron chi connectivity index (χ3n) is 9.13. The van der Waals surface area contributed by atoms with Crippen molar-refractivity contribution >= 4 is 35.4 Å².